The quantitative estimate of drug-likeness (QED) is 0.543. The van der Waals surface area contributed by atoms with E-state index in [9.17, 15) is 4.57 Å². The molecule has 0 aliphatic heterocycles. The third-order valence-corrected chi connectivity index (χ3v) is 0.870. The van der Waals surface area contributed by atoms with Crippen LogP contribution in [0.2, 0.25) is 0 Å². The van der Waals surface area contributed by atoms with Gasteiger partial charge in [0.05, 0.1) is 13.2 Å². The van der Waals surface area contributed by atoms with Gasteiger partial charge < -0.3 is 14.9 Å². The minimum Gasteiger partial charge on any atom is -0.394 e. The standard InChI is InChI=1S/C2H7O5P.6C2H4/c3-1-2-7-8(4,5)6;6*1-2/h3H,1-2H2,(H2,4,5,6);6*1-2H2. The summed E-state index contributed by atoms with van der Waals surface area (Å²) in [5, 5.41) is 7.96. The molecule has 0 aliphatic carbocycles. The van der Waals surface area contributed by atoms with Crippen LogP contribution in [-0.4, -0.2) is 28.1 Å². The van der Waals surface area contributed by atoms with Gasteiger partial charge in [0.25, 0.3) is 0 Å². The molecule has 0 saturated carbocycles. The zero-order chi connectivity index (χ0) is 18.6. The molecule has 3 N–H and O–H groups in total. The van der Waals surface area contributed by atoms with Crippen molar-refractivity contribution in [1.82, 2.24) is 0 Å². The summed E-state index contributed by atoms with van der Waals surface area (Å²) in [4.78, 5) is 15.9. The highest BCUT2D eigenvalue weighted by Crippen LogP contribution is 2.34. The third-order valence-electron chi connectivity index (χ3n) is 0.351. The van der Waals surface area contributed by atoms with Crippen molar-refractivity contribution in [2.45, 2.75) is 0 Å². The molecule has 0 aliphatic rings. The van der Waals surface area contributed by atoms with Crippen LogP contribution in [0.25, 0.3) is 0 Å². The maximum Gasteiger partial charge on any atom is 0.469 e. The first-order valence-corrected chi connectivity index (χ1v) is 6.40. The summed E-state index contributed by atoms with van der Waals surface area (Å²) >= 11 is 0. The highest BCUT2D eigenvalue weighted by molar-refractivity contribution is 7.46. The molecule has 6 heteroatoms. The first kappa shape index (κ1) is 42.8. The molecule has 0 aromatic rings. The second-order valence-electron chi connectivity index (χ2n) is 1.05. The van der Waals surface area contributed by atoms with E-state index in [1.807, 2.05) is 0 Å². The minimum atomic E-state index is -4.34. The first-order chi connectivity index (χ1) is 9.56. The van der Waals surface area contributed by atoms with Gasteiger partial charge in [-0.25, -0.2) is 4.57 Å². The van der Waals surface area contributed by atoms with Crippen molar-refractivity contribution >= 4 is 7.82 Å². The highest BCUT2D eigenvalue weighted by Gasteiger charge is 2.11. The van der Waals surface area contributed by atoms with Gasteiger partial charge in [-0.3, -0.25) is 4.52 Å². The van der Waals surface area contributed by atoms with Crippen LogP contribution >= 0.6 is 7.82 Å². The molecule has 0 aromatic carbocycles. The number of aliphatic hydroxyl groups is 1. The Balaban J connectivity index is -0.0000000238. The third kappa shape index (κ3) is 322. The smallest absolute Gasteiger partial charge is 0.394 e. The Morgan fingerprint density at radius 3 is 0.950 bits per heavy atom. The molecule has 0 rings (SSSR count). The van der Waals surface area contributed by atoms with Crippen molar-refractivity contribution in [3.63, 3.8) is 0 Å². The average Bonchev–Trinajstić information content (AvgIpc) is 2.56. The molecule has 0 bridgehead atoms. The summed E-state index contributed by atoms with van der Waals surface area (Å²) in [7, 11) is -4.34. The van der Waals surface area contributed by atoms with Crippen molar-refractivity contribution in [1.29, 1.82) is 0 Å². The Bertz CT molecular complexity index is 155. The first-order valence-electron chi connectivity index (χ1n) is 4.87. The Morgan fingerprint density at radius 1 is 0.700 bits per heavy atom. The fourth-order valence-corrected chi connectivity index (χ4v) is 0.479. The van der Waals surface area contributed by atoms with Gasteiger partial charge in [0.15, 0.2) is 0 Å². The van der Waals surface area contributed by atoms with Crippen molar-refractivity contribution < 1.29 is 24.0 Å². The van der Waals surface area contributed by atoms with Gasteiger partial charge in [-0.1, -0.05) is 0 Å². The van der Waals surface area contributed by atoms with E-state index < -0.39 is 7.82 Å². The summed E-state index contributed by atoms with van der Waals surface area (Å²) in [6.07, 6.45) is 0. The normalized spacial score (nSPS) is 5.95. The van der Waals surface area contributed by atoms with Crippen LogP contribution in [0, 0.1) is 0 Å². The van der Waals surface area contributed by atoms with Gasteiger partial charge in [0, 0.05) is 0 Å². The minimum absolute atomic E-state index is 0.329. The van der Waals surface area contributed by atoms with Crippen molar-refractivity contribution in [3.05, 3.63) is 78.9 Å². The van der Waals surface area contributed by atoms with Gasteiger partial charge in [-0.2, -0.15) is 0 Å². The van der Waals surface area contributed by atoms with E-state index in [0.29, 0.717) is 0 Å². The van der Waals surface area contributed by atoms with E-state index in [2.05, 4.69) is 83.5 Å². The Hall–Kier alpha value is -1.49. The van der Waals surface area contributed by atoms with Crippen molar-refractivity contribution in [3.8, 4) is 0 Å². The zero-order valence-electron chi connectivity index (χ0n) is 12.5. The van der Waals surface area contributed by atoms with Gasteiger partial charge >= 0.3 is 7.82 Å². The monoisotopic (exact) mass is 310 g/mol. The second kappa shape index (κ2) is 84.6. The van der Waals surface area contributed by atoms with E-state index in [1.165, 1.54) is 0 Å². The molecule has 0 radical (unpaired) electrons. The Kier molecular flexibility index (Phi) is 181. The number of hydrogen-bond donors (Lipinski definition) is 3. The average molecular weight is 310 g/mol. The van der Waals surface area contributed by atoms with Crippen LogP contribution in [-0.2, 0) is 9.09 Å². The lowest BCUT2D eigenvalue weighted by molar-refractivity contribution is 0.151. The SMILES string of the molecule is C=C.C=C.C=C.C=C.C=C.C=C.O=P(O)(O)OCCO. The molecule has 0 unspecified atom stereocenters. The number of rotatable bonds is 3. The molecular weight excluding hydrogens is 279 g/mol. The van der Waals surface area contributed by atoms with E-state index in [4.69, 9.17) is 14.9 Å². The molecule has 0 atom stereocenters. The Labute approximate surface area is 124 Å². The van der Waals surface area contributed by atoms with Crippen LogP contribution in [0.3, 0.4) is 0 Å². The van der Waals surface area contributed by atoms with Crippen LogP contribution in [0.1, 0.15) is 0 Å². The van der Waals surface area contributed by atoms with Crippen LogP contribution in [0.15, 0.2) is 78.9 Å². The predicted molar refractivity (Wildman–Crippen MR) is 92.6 cm³/mol. The molecule has 0 amide bonds. The van der Waals surface area contributed by atoms with E-state index in [1.54, 1.807) is 0 Å². The molecule has 0 saturated heterocycles. The summed E-state index contributed by atoms with van der Waals surface area (Å²) in [5.74, 6) is 0. The van der Waals surface area contributed by atoms with E-state index in [-0.39, 0.29) is 13.2 Å². The zero-order valence-corrected chi connectivity index (χ0v) is 13.4. The summed E-state index contributed by atoms with van der Waals surface area (Å²) < 4.78 is 13.5. The largest absolute Gasteiger partial charge is 0.469 e. The lowest BCUT2D eigenvalue weighted by Gasteiger charge is -2.00. The molecular formula is C14H31O5P. The molecule has 5 nitrogen and oxygen atoms in total. The van der Waals surface area contributed by atoms with Gasteiger partial charge in [-0.15, -0.1) is 78.9 Å². The fourth-order valence-electron chi connectivity index (χ4n) is 0.160. The molecule has 122 valence electrons. The van der Waals surface area contributed by atoms with Crippen LogP contribution in [0.4, 0.5) is 0 Å². The van der Waals surface area contributed by atoms with E-state index in [0.717, 1.165) is 0 Å². The summed E-state index contributed by atoms with van der Waals surface area (Å²) in [5.41, 5.74) is 0. The second-order valence-corrected chi connectivity index (χ2v) is 2.29. The highest BCUT2D eigenvalue weighted by atomic mass is 31.2. The maximum absolute atomic E-state index is 9.75. The van der Waals surface area contributed by atoms with Gasteiger partial charge in [0.1, 0.15) is 0 Å². The molecule has 0 heterocycles. The van der Waals surface area contributed by atoms with Crippen molar-refractivity contribution in [2.75, 3.05) is 13.2 Å². The number of hydrogen-bond acceptors (Lipinski definition) is 3. The molecule has 0 spiro atoms. The number of phosphoric ester groups is 1. The topological polar surface area (TPSA) is 87.0 Å². The lowest BCUT2D eigenvalue weighted by atomic mass is 10.8. The van der Waals surface area contributed by atoms with Gasteiger partial charge in [-0.05, 0) is 0 Å². The Morgan fingerprint density at radius 2 is 0.900 bits per heavy atom. The molecule has 0 fully saturated rings. The number of phosphoric acid groups is 1. The van der Waals surface area contributed by atoms with Crippen LogP contribution in [0.5, 0.6) is 0 Å². The molecule has 0 aromatic heterocycles. The lowest BCUT2D eigenvalue weighted by Crippen LogP contribution is -1.95. The number of aliphatic hydroxyl groups excluding tert-OH is 1. The van der Waals surface area contributed by atoms with Crippen LogP contribution < -0.4 is 0 Å². The molecule has 20 heavy (non-hydrogen) atoms. The van der Waals surface area contributed by atoms with Crippen molar-refractivity contribution in [2.24, 2.45) is 0 Å². The fraction of sp³-hybridized carbons (Fsp3) is 0.143. The van der Waals surface area contributed by atoms with E-state index >= 15 is 0 Å². The predicted octanol–water partition coefficient (Wildman–Crippen LogP) is 3.90. The van der Waals surface area contributed by atoms with Gasteiger partial charge in [0.2, 0.25) is 0 Å². The summed E-state index contributed by atoms with van der Waals surface area (Å²) in [6.45, 7) is 35.3. The maximum atomic E-state index is 9.75. The summed E-state index contributed by atoms with van der Waals surface area (Å²) in [6, 6.07) is 0.